The third kappa shape index (κ3) is 5.02. The van der Waals surface area contributed by atoms with Gasteiger partial charge in [-0.05, 0) is 44.9 Å². The van der Waals surface area contributed by atoms with Crippen LogP contribution >= 0.6 is 0 Å². The third-order valence-electron chi connectivity index (χ3n) is 3.89. The topological polar surface area (TPSA) is 101 Å². The third-order valence-corrected chi connectivity index (χ3v) is 5.55. The first-order chi connectivity index (χ1) is 10.5. The summed E-state index contributed by atoms with van der Waals surface area (Å²) >= 11 is 0. The summed E-state index contributed by atoms with van der Waals surface area (Å²) in [6.07, 6.45) is 0. The molecule has 1 atom stereocenters. The predicted molar refractivity (Wildman–Crippen MR) is 91.7 cm³/mol. The Kier molecular flexibility index (Phi) is 6.33. The summed E-state index contributed by atoms with van der Waals surface area (Å²) in [5, 5.41) is 2.90. The van der Waals surface area contributed by atoms with Gasteiger partial charge < -0.3 is 11.1 Å². The largest absolute Gasteiger partial charge is 0.345 e. The predicted octanol–water partition coefficient (Wildman–Crippen LogP) is 1.48. The van der Waals surface area contributed by atoms with Gasteiger partial charge >= 0.3 is 0 Å². The number of nitrogens with two attached hydrogens (primary N) is 1. The second-order valence-electron chi connectivity index (χ2n) is 6.53. The molecule has 0 radical (unpaired) electrons. The summed E-state index contributed by atoms with van der Waals surface area (Å²) in [5.41, 5.74) is 5.50. The van der Waals surface area contributed by atoms with Gasteiger partial charge in [-0.15, -0.1) is 0 Å². The molecule has 1 unspecified atom stereocenters. The van der Waals surface area contributed by atoms with Gasteiger partial charge in [-0.2, -0.15) is 0 Å². The highest BCUT2D eigenvalue weighted by molar-refractivity contribution is 7.89. The molecule has 0 spiro atoms. The molecule has 7 heteroatoms. The number of hydrogen-bond donors (Lipinski definition) is 3. The standard InChI is InChI=1S/C16H27N3O3S/c1-11(2)16(5,10-17)18-15(20)13-7-6-8-14(9-13)23(21,22)19-12(3)4/h6-9,11-12,19H,10,17H2,1-5H3,(H,18,20). The zero-order valence-electron chi connectivity index (χ0n) is 14.4. The van der Waals surface area contributed by atoms with Crippen LogP contribution in [-0.2, 0) is 10.0 Å². The van der Waals surface area contributed by atoms with Gasteiger partial charge in [-0.3, -0.25) is 4.79 Å². The number of amides is 1. The molecule has 130 valence electrons. The van der Waals surface area contributed by atoms with Crippen molar-refractivity contribution < 1.29 is 13.2 Å². The smallest absolute Gasteiger partial charge is 0.251 e. The molecule has 0 fully saturated rings. The minimum absolute atomic E-state index is 0.0675. The Morgan fingerprint density at radius 2 is 1.87 bits per heavy atom. The van der Waals surface area contributed by atoms with Crippen LogP contribution in [0.5, 0.6) is 0 Å². The number of sulfonamides is 1. The van der Waals surface area contributed by atoms with Crippen molar-refractivity contribution in [3.8, 4) is 0 Å². The average Bonchev–Trinajstić information content (AvgIpc) is 2.45. The first kappa shape index (κ1) is 19.6. The van der Waals surface area contributed by atoms with Gasteiger partial charge in [0.05, 0.1) is 10.4 Å². The highest BCUT2D eigenvalue weighted by Gasteiger charge is 2.29. The molecule has 1 aromatic carbocycles. The van der Waals surface area contributed by atoms with Gasteiger partial charge in [0.15, 0.2) is 0 Å². The van der Waals surface area contributed by atoms with E-state index < -0.39 is 15.6 Å². The summed E-state index contributed by atoms with van der Waals surface area (Å²) in [6, 6.07) is 5.75. The van der Waals surface area contributed by atoms with Crippen LogP contribution in [0.1, 0.15) is 45.0 Å². The van der Waals surface area contributed by atoms with Crippen molar-refractivity contribution in [2.24, 2.45) is 11.7 Å². The Bertz CT molecular complexity index is 656. The first-order valence-corrected chi connectivity index (χ1v) is 9.15. The highest BCUT2D eigenvalue weighted by Crippen LogP contribution is 2.17. The van der Waals surface area contributed by atoms with Crippen molar-refractivity contribution in [1.29, 1.82) is 0 Å². The molecular weight excluding hydrogens is 314 g/mol. The van der Waals surface area contributed by atoms with Crippen molar-refractivity contribution >= 4 is 15.9 Å². The van der Waals surface area contributed by atoms with Crippen LogP contribution in [0, 0.1) is 5.92 Å². The number of hydrogen-bond acceptors (Lipinski definition) is 4. The van der Waals surface area contributed by atoms with Crippen molar-refractivity contribution in [3.63, 3.8) is 0 Å². The van der Waals surface area contributed by atoms with Crippen molar-refractivity contribution in [2.75, 3.05) is 6.54 Å². The van der Waals surface area contributed by atoms with Crippen LogP contribution in [-0.4, -0.2) is 32.5 Å². The molecular formula is C16H27N3O3S. The zero-order chi connectivity index (χ0) is 17.8. The molecule has 0 aliphatic rings. The van der Waals surface area contributed by atoms with Crippen molar-refractivity contribution in [3.05, 3.63) is 29.8 Å². The van der Waals surface area contributed by atoms with Gasteiger partial charge in [0.1, 0.15) is 0 Å². The summed E-state index contributed by atoms with van der Waals surface area (Å²) in [7, 11) is -3.64. The molecule has 23 heavy (non-hydrogen) atoms. The van der Waals surface area contributed by atoms with E-state index in [2.05, 4.69) is 10.0 Å². The molecule has 1 amide bonds. The normalized spacial score (nSPS) is 14.8. The Morgan fingerprint density at radius 1 is 1.26 bits per heavy atom. The maximum absolute atomic E-state index is 12.4. The van der Waals surface area contributed by atoms with Gasteiger partial charge in [0.2, 0.25) is 10.0 Å². The lowest BCUT2D eigenvalue weighted by atomic mass is 9.88. The number of nitrogens with one attached hydrogen (secondary N) is 2. The maximum atomic E-state index is 12.4. The van der Waals surface area contributed by atoms with E-state index in [9.17, 15) is 13.2 Å². The second kappa shape index (κ2) is 7.42. The number of benzene rings is 1. The summed E-state index contributed by atoms with van der Waals surface area (Å²) in [4.78, 5) is 12.5. The van der Waals surface area contributed by atoms with E-state index in [0.717, 1.165) is 0 Å². The van der Waals surface area contributed by atoms with Crippen LogP contribution in [0.4, 0.5) is 0 Å². The Morgan fingerprint density at radius 3 is 2.35 bits per heavy atom. The minimum atomic E-state index is -3.64. The van der Waals surface area contributed by atoms with Crippen LogP contribution < -0.4 is 15.8 Å². The molecule has 0 aliphatic carbocycles. The molecule has 4 N–H and O–H groups in total. The molecule has 0 bridgehead atoms. The van der Waals surface area contributed by atoms with Crippen molar-refractivity contribution in [2.45, 2.75) is 51.1 Å². The molecule has 1 aromatic rings. The molecule has 0 aliphatic heterocycles. The first-order valence-electron chi connectivity index (χ1n) is 7.67. The molecule has 6 nitrogen and oxygen atoms in total. The highest BCUT2D eigenvalue weighted by atomic mass is 32.2. The van der Waals surface area contributed by atoms with Crippen LogP contribution in [0.2, 0.25) is 0 Å². The lowest BCUT2D eigenvalue weighted by molar-refractivity contribution is 0.0883. The fraction of sp³-hybridized carbons (Fsp3) is 0.562. The molecule has 0 aromatic heterocycles. The summed E-state index contributed by atoms with van der Waals surface area (Å²) < 4.78 is 26.9. The lowest BCUT2D eigenvalue weighted by Crippen LogP contribution is -2.55. The van der Waals surface area contributed by atoms with Gasteiger partial charge in [-0.25, -0.2) is 13.1 Å². The second-order valence-corrected chi connectivity index (χ2v) is 8.25. The Balaban J connectivity index is 3.08. The van der Waals surface area contributed by atoms with Crippen LogP contribution in [0.25, 0.3) is 0 Å². The minimum Gasteiger partial charge on any atom is -0.345 e. The number of rotatable bonds is 7. The van der Waals surface area contributed by atoms with E-state index in [-0.39, 0.29) is 28.3 Å². The zero-order valence-corrected chi connectivity index (χ0v) is 15.2. The van der Waals surface area contributed by atoms with E-state index in [4.69, 9.17) is 5.73 Å². The van der Waals surface area contributed by atoms with Crippen LogP contribution in [0.15, 0.2) is 29.2 Å². The van der Waals surface area contributed by atoms with E-state index in [1.165, 1.54) is 12.1 Å². The Hall–Kier alpha value is -1.44. The number of carbonyl (C=O) groups excluding carboxylic acids is 1. The van der Waals surface area contributed by atoms with E-state index in [1.807, 2.05) is 20.8 Å². The molecule has 0 heterocycles. The molecule has 0 saturated carbocycles. The molecule has 1 rings (SSSR count). The van der Waals surface area contributed by atoms with Crippen molar-refractivity contribution in [1.82, 2.24) is 10.0 Å². The van der Waals surface area contributed by atoms with Gasteiger partial charge in [-0.1, -0.05) is 19.9 Å². The van der Waals surface area contributed by atoms with E-state index in [1.54, 1.807) is 26.0 Å². The summed E-state index contributed by atoms with van der Waals surface area (Å²) in [5.74, 6) is -0.195. The van der Waals surface area contributed by atoms with Gasteiger partial charge in [0.25, 0.3) is 5.91 Å². The van der Waals surface area contributed by atoms with E-state index in [0.29, 0.717) is 6.54 Å². The molecule has 0 saturated heterocycles. The van der Waals surface area contributed by atoms with Crippen LogP contribution in [0.3, 0.4) is 0 Å². The Labute approximate surface area is 138 Å². The fourth-order valence-corrected chi connectivity index (χ4v) is 3.24. The SMILES string of the molecule is CC(C)NS(=O)(=O)c1cccc(C(=O)NC(C)(CN)C(C)C)c1. The summed E-state index contributed by atoms with van der Waals surface area (Å²) in [6.45, 7) is 9.59. The fourth-order valence-electron chi connectivity index (χ4n) is 1.95. The van der Waals surface area contributed by atoms with Gasteiger partial charge in [0, 0.05) is 18.2 Å². The number of carbonyl (C=O) groups is 1. The monoisotopic (exact) mass is 341 g/mol. The quantitative estimate of drug-likeness (QED) is 0.699. The lowest BCUT2D eigenvalue weighted by Gasteiger charge is -2.33. The average molecular weight is 341 g/mol. The maximum Gasteiger partial charge on any atom is 0.251 e. The van der Waals surface area contributed by atoms with E-state index >= 15 is 0 Å².